The van der Waals surface area contributed by atoms with Crippen LogP contribution in [0.2, 0.25) is 5.02 Å². The Morgan fingerprint density at radius 3 is 2.88 bits per heavy atom. The summed E-state index contributed by atoms with van der Waals surface area (Å²) in [6, 6.07) is 5.00. The number of carbonyl (C=O) groups excluding carboxylic acids is 1. The van der Waals surface area contributed by atoms with Crippen LogP contribution in [0, 0.1) is 5.92 Å². The minimum atomic E-state index is -0.294. The maximum absolute atomic E-state index is 11.9. The number of hydrogen-bond acceptors (Lipinski definition) is 3. The van der Waals surface area contributed by atoms with Gasteiger partial charge >= 0.3 is 0 Å². The lowest BCUT2D eigenvalue weighted by atomic mass is 10.0. The second kappa shape index (κ2) is 5.35. The van der Waals surface area contributed by atoms with E-state index in [9.17, 15) is 4.79 Å². The summed E-state index contributed by atoms with van der Waals surface area (Å²) in [5.41, 5.74) is 6.42. The van der Waals surface area contributed by atoms with E-state index in [1.165, 1.54) is 0 Å². The van der Waals surface area contributed by atoms with Crippen molar-refractivity contribution in [3.05, 3.63) is 27.7 Å². The first-order valence-electron chi connectivity index (χ1n) is 5.17. The van der Waals surface area contributed by atoms with E-state index in [1.54, 1.807) is 18.2 Å². The molecule has 1 aromatic rings. The Morgan fingerprint density at radius 1 is 1.53 bits per heavy atom. The summed E-state index contributed by atoms with van der Waals surface area (Å²) in [7, 11) is 0. The van der Waals surface area contributed by atoms with Crippen LogP contribution in [0.4, 0.5) is 5.69 Å². The van der Waals surface area contributed by atoms with Crippen molar-refractivity contribution < 1.29 is 9.53 Å². The molecular formula is C11H12BrClN2O2. The van der Waals surface area contributed by atoms with E-state index < -0.39 is 0 Å². The molecule has 1 amide bonds. The van der Waals surface area contributed by atoms with Crippen LogP contribution < -0.4 is 11.1 Å². The second-order valence-electron chi connectivity index (χ2n) is 3.93. The summed E-state index contributed by atoms with van der Waals surface area (Å²) in [5.74, 6) is -0.425. The van der Waals surface area contributed by atoms with Gasteiger partial charge in [-0.15, -0.1) is 0 Å². The Bertz CT molecular complexity index is 441. The zero-order valence-electron chi connectivity index (χ0n) is 8.95. The van der Waals surface area contributed by atoms with Crippen LogP contribution in [0.3, 0.4) is 0 Å². The highest BCUT2D eigenvalue weighted by molar-refractivity contribution is 9.10. The van der Waals surface area contributed by atoms with Crippen LogP contribution in [-0.2, 0) is 9.53 Å². The number of hydrogen-bond donors (Lipinski definition) is 2. The summed E-state index contributed by atoms with van der Waals surface area (Å²) in [5, 5.41) is 3.33. The van der Waals surface area contributed by atoms with Gasteiger partial charge in [0.05, 0.1) is 24.2 Å². The molecule has 2 unspecified atom stereocenters. The van der Waals surface area contributed by atoms with Gasteiger partial charge in [-0.2, -0.15) is 0 Å². The number of rotatable bonds is 2. The Kier molecular flexibility index (Phi) is 4.04. The van der Waals surface area contributed by atoms with Crippen molar-refractivity contribution in [1.82, 2.24) is 0 Å². The molecule has 1 saturated heterocycles. The van der Waals surface area contributed by atoms with E-state index in [0.29, 0.717) is 23.9 Å². The molecule has 2 rings (SSSR count). The number of ether oxygens (including phenoxy) is 1. The van der Waals surface area contributed by atoms with Gasteiger partial charge in [0.2, 0.25) is 5.91 Å². The van der Waals surface area contributed by atoms with Crippen LogP contribution in [0.15, 0.2) is 22.7 Å². The van der Waals surface area contributed by atoms with E-state index in [4.69, 9.17) is 22.1 Å². The summed E-state index contributed by atoms with van der Waals surface area (Å²) in [6.07, 6.45) is 0. The average Bonchev–Trinajstić information content (AvgIpc) is 2.70. The normalized spacial score (nSPS) is 23.7. The topological polar surface area (TPSA) is 64.3 Å². The molecule has 4 nitrogen and oxygen atoms in total. The highest BCUT2D eigenvalue weighted by Gasteiger charge is 2.31. The van der Waals surface area contributed by atoms with Gasteiger partial charge < -0.3 is 15.8 Å². The molecule has 0 radical (unpaired) electrons. The minimum absolute atomic E-state index is 0.131. The monoisotopic (exact) mass is 318 g/mol. The Balaban J connectivity index is 2.05. The molecule has 0 saturated carbocycles. The first-order chi connectivity index (χ1) is 8.08. The number of anilines is 1. The van der Waals surface area contributed by atoms with Gasteiger partial charge in [-0.1, -0.05) is 11.6 Å². The van der Waals surface area contributed by atoms with Crippen molar-refractivity contribution in [1.29, 1.82) is 0 Å². The highest BCUT2D eigenvalue weighted by Crippen LogP contribution is 2.26. The smallest absolute Gasteiger partial charge is 0.231 e. The molecule has 6 heteroatoms. The number of nitrogens with two attached hydrogens (primary N) is 1. The average molecular weight is 320 g/mol. The maximum atomic E-state index is 11.9. The number of halogens is 2. The molecule has 1 heterocycles. The fourth-order valence-electron chi connectivity index (χ4n) is 1.65. The largest absolute Gasteiger partial charge is 0.379 e. The van der Waals surface area contributed by atoms with Crippen molar-refractivity contribution in [2.24, 2.45) is 11.7 Å². The third kappa shape index (κ3) is 2.98. The lowest BCUT2D eigenvalue weighted by molar-refractivity contribution is -0.120. The third-order valence-corrected chi connectivity index (χ3v) is 3.88. The van der Waals surface area contributed by atoms with Gasteiger partial charge in [0.25, 0.3) is 0 Å². The number of amides is 1. The summed E-state index contributed by atoms with van der Waals surface area (Å²) in [6.45, 7) is 0.802. The van der Waals surface area contributed by atoms with E-state index >= 15 is 0 Å². The fourth-order valence-corrected chi connectivity index (χ4v) is 2.08. The minimum Gasteiger partial charge on any atom is -0.379 e. The Morgan fingerprint density at radius 2 is 2.29 bits per heavy atom. The predicted octanol–water partition coefficient (Wildman–Crippen LogP) is 2.01. The van der Waals surface area contributed by atoms with E-state index in [1.807, 2.05) is 0 Å². The van der Waals surface area contributed by atoms with Gasteiger partial charge in [-0.05, 0) is 34.1 Å². The van der Waals surface area contributed by atoms with Gasteiger partial charge in [-0.3, -0.25) is 4.79 Å². The van der Waals surface area contributed by atoms with Gasteiger partial charge in [0.1, 0.15) is 0 Å². The first kappa shape index (κ1) is 12.8. The lowest BCUT2D eigenvalue weighted by Gasteiger charge is -2.13. The predicted molar refractivity (Wildman–Crippen MR) is 70.1 cm³/mol. The van der Waals surface area contributed by atoms with Gasteiger partial charge in [-0.25, -0.2) is 0 Å². The van der Waals surface area contributed by atoms with Crippen LogP contribution >= 0.6 is 27.5 Å². The van der Waals surface area contributed by atoms with Crippen molar-refractivity contribution in [2.75, 3.05) is 18.5 Å². The molecule has 1 aliphatic rings. The summed E-state index contributed by atoms with van der Waals surface area (Å²) < 4.78 is 5.94. The second-order valence-corrected chi connectivity index (χ2v) is 5.19. The van der Waals surface area contributed by atoms with E-state index in [0.717, 1.165) is 4.47 Å². The molecule has 17 heavy (non-hydrogen) atoms. The number of nitrogens with one attached hydrogen (secondary N) is 1. The SMILES string of the molecule is NC1COCC1C(=O)Nc1ccc(Br)c(Cl)c1. The van der Waals surface area contributed by atoms with Crippen LogP contribution in [-0.4, -0.2) is 25.2 Å². The number of benzene rings is 1. The van der Waals surface area contributed by atoms with E-state index in [-0.39, 0.29) is 17.9 Å². The molecule has 1 aliphatic heterocycles. The van der Waals surface area contributed by atoms with Crippen molar-refractivity contribution in [3.63, 3.8) is 0 Å². The molecule has 1 fully saturated rings. The van der Waals surface area contributed by atoms with Crippen molar-refractivity contribution >= 4 is 39.1 Å². The molecule has 0 spiro atoms. The van der Waals surface area contributed by atoms with Gasteiger partial charge in [0.15, 0.2) is 0 Å². The van der Waals surface area contributed by atoms with Crippen LogP contribution in [0.25, 0.3) is 0 Å². The zero-order chi connectivity index (χ0) is 12.4. The maximum Gasteiger partial charge on any atom is 0.231 e. The van der Waals surface area contributed by atoms with Gasteiger partial charge in [0, 0.05) is 16.2 Å². The molecule has 0 aromatic heterocycles. The quantitative estimate of drug-likeness (QED) is 0.876. The van der Waals surface area contributed by atoms with Crippen molar-refractivity contribution in [2.45, 2.75) is 6.04 Å². The third-order valence-electron chi connectivity index (χ3n) is 2.65. The number of carbonyl (C=O) groups is 1. The molecule has 0 aliphatic carbocycles. The Hall–Kier alpha value is -0.620. The molecule has 92 valence electrons. The standard InChI is InChI=1S/C11H12BrClN2O2/c12-8-2-1-6(3-9(8)13)15-11(16)7-4-17-5-10(7)14/h1-3,7,10H,4-5,14H2,(H,15,16). The molecule has 2 atom stereocenters. The lowest BCUT2D eigenvalue weighted by Crippen LogP contribution is -2.37. The zero-order valence-corrected chi connectivity index (χ0v) is 11.3. The highest BCUT2D eigenvalue weighted by atomic mass is 79.9. The molecule has 1 aromatic carbocycles. The van der Waals surface area contributed by atoms with E-state index in [2.05, 4.69) is 21.2 Å². The molecule has 3 N–H and O–H groups in total. The molecular weight excluding hydrogens is 307 g/mol. The Labute approximate surface area is 113 Å². The molecule has 0 bridgehead atoms. The first-order valence-corrected chi connectivity index (χ1v) is 6.34. The van der Waals surface area contributed by atoms with Crippen molar-refractivity contribution in [3.8, 4) is 0 Å². The van der Waals surface area contributed by atoms with Crippen LogP contribution in [0.1, 0.15) is 0 Å². The summed E-state index contributed by atoms with van der Waals surface area (Å²) in [4.78, 5) is 11.9. The van der Waals surface area contributed by atoms with Crippen LogP contribution in [0.5, 0.6) is 0 Å². The fraction of sp³-hybridized carbons (Fsp3) is 0.364. The summed E-state index contributed by atoms with van der Waals surface area (Å²) >= 11 is 9.22.